The first-order chi connectivity index (χ1) is 20.2. The number of aromatic amines is 1. The summed E-state index contributed by atoms with van der Waals surface area (Å²) in [5, 5.41) is 0. The van der Waals surface area contributed by atoms with Crippen LogP contribution in [0.3, 0.4) is 0 Å². The van der Waals surface area contributed by atoms with E-state index < -0.39 is 41.4 Å². The van der Waals surface area contributed by atoms with Gasteiger partial charge in [-0.05, 0) is 32.4 Å². The molecule has 0 saturated carbocycles. The van der Waals surface area contributed by atoms with Gasteiger partial charge in [-0.25, -0.2) is 4.79 Å². The van der Waals surface area contributed by atoms with Crippen molar-refractivity contribution < 1.29 is 32.2 Å². The second-order valence-corrected chi connectivity index (χ2v) is 11.1. The number of H-pyrrole nitrogens is 1. The van der Waals surface area contributed by atoms with Gasteiger partial charge in [-0.2, -0.15) is 13.2 Å². The Kier molecular flexibility index (Phi) is 13.6. The van der Waals surface area contributed by atoms with Gasteiger partial charge in [0.25, 0.3) is 5.56 Å². The number of hydrogen-bond acceptors (Lipinski definition) is 7. The van der Waals surface area contributed by atoms with E-state index in [1.807, 2.05) is 0 Å². The number of esters is 1. The van der Waals surface area contributed by atoms with Gasteiger partial charge >= 0.3 is 17.8 Å². The quantitative estimate of drug-likeness (QED) is 0.156. The Bertz CT molecular complexity index is 1140. The number of likely N-dealkylation sites (tertiary alicyclic amines) is 1. The molecule has 3 rings (SSSR count). The normalized spacial score (nSPS) is 22.8. The topological polar surface area (TPSA) is 103 Å². The monoisotopic (exact) mass is 599 g/mol. The van der Waals surface area contributed by atoms with Crippen LogP contribution in [0.25, 0.3) is 0 Å². The van der Waals surface area contributed by atoms with Gasteiger partial charge < -0.3 is 14.2 Å². The smallest absolute Gasteiger partial charge is 0.423 e. The van der Waals surface area contributed by atoms with Crippen molar-refractivity contribution in [1.29, 1.82) is 0 Å². The molecule has 0 spiro atoms. The van der Waals surface area contributed by atoms with E-state index in [0.29, 0.717) is 17.2 Å². The Balaban J connectivity index is 1.50. The van der Waals surface area contributed by atoms with E-state index in [-0.39, 0.29) is 31.6 Å². The van der Waals surface area contributed by atoms with Gasteiger partial charge in [0.15, 0.2) is 0 Å². The van der Waals surface area contributed by atoms with Crippen LogP contribution < -0.4 is 11.2 Å². The van der Waals surface area contributed by atoms with E-state index in [1.54, 1.807) is 4.98 Å². The van der Waals surface area contributed by atoms with Gasteiger partial charge in [0, 0.05) is 12.6 Å². The Morgan fingerprint density at radius 3 is 2.43 bits per heavy atom. The number of halogens is 3. The van der Waals surface area contributed by atoms with E-state index in [0.717, 1.165) is 32.4 Å². The lowest BCUT2D eigenvalue weighted by molar-refractivity contribution is -0.156. The number of rotatable bonds is 17. The molecular weight excluding hydrogens is 555 g/mol. The number of terminal acetylenes is 1. The van der Waals surface area contributed by atoms with Crippen LogP contribution in [0.4, 0.5) is 13.2 Å². The van der Waals surface area contributed by atoms with E-state index in [9.17, 15) is 27.6 Å². The van der Waals surface area contributed by atoms with Crippen LogP contribution in [0.15, 0.2) is 15.8 Å². The Labute approximate surface area is 245 Å². The molecular formula is C30H44F3N3O6. The predicted molar refractivity (Wildman–Crippen MR) is 151 cm³/mol. The number of carbonyl (C=O) groups is 1. The number of nitrogens with zero attached hydrogens (tertiary/aromatic N) is 2. The van der Waals surface area contributed by atoms with E-state index in [2.05, 4.69) is 17.7 Å². The third kappa shape index (κ3) is 9.99. The van der Waals surface area contributed by atoms with Crippen LogP contribution in [0, 0.1) is 12.3 Å². The average molecular weight is 600 g/mol. The first-order valence-electron chi connectivity index (χ1n) is 15.2. The first kappa shape index (κ1) is 33.9. The van der Waals surface area contributed by atoms with Crippen LogP contribution in [0.5, 0.6) is 0 Å². The van der Waals surface area contributed by atoms with Crippen molar-refractivity contribution in [3.8, 4) is 12.3 Å². The molecule has 4 atom stereocenters. The summed E-state index contributed by atoms with van der Waals surface area (Å²) in [5.41, 5.74) is -4.11. The minimum absolute atomic E-state index is 0.0264. The summed E-state index contributed by atoms with van der Waals surface area (Å²) in [6, 6.07) is -0.359. The minimum atomic E-state index is -4.96. The van der Waals surface area contributed by atoms with Crippen LogP contribution in [-0.2, 0) is 25.2 Å². The van der Waals surface area contributed by atoms with Gasteiger partial charge in [0.05, 0.1) is 6.10 Å². The lowest BCUT2D eigenvalue weighted by Gasteiger charge is -2.24. The number of ether oxygens (including phenoxy) is 3. The molecule has 0 aliphatic carbocycles. The maximum Gasteiger partial charge on any atom is 0.423 e. The second-order valence-electron chi connectivity index (χ2n) is 11.1. The summed E-state index contributed by atoms with van der Waals surface area (Å²) in [6.07, 6.45) is 11.9. The van der Waals surface area contributed by atoms with Crippen molar-refractivity contribution in [3.05, 3.63) is 32.6 Å². The van der Waals surface area contributed by atoms with Gasteiger partial charge in [-0.1, -0.05) is 70.6 Å². The molecule has 3 heterocycles. The van der Waals surface area contributed by atoms with Crippen molar-refractivity contribution in [3.63, 3.8) is 0 Å². The Hall–Kier alpha value is -2.62. The highest BCUT2D eigenvalue weighted by Gasteiger charge is 2.41. The number of carbonyl (C=O) groups excluding carboxylic acids is 1. The fourth-order valence-electron chi connectivity index (χ4n) is 5.68. The van der Waals surface area contributed by atoms with Gasteiger partial charge in [-0.3, -0.25) is 24.0 Å². The number of nitrogens with one attached hydrogen (secondary N) is 1. The molecule has 0 unspecified atom stereocenters. The SMILES string of the molecule is C#CCO[C@H]1C[C@H](n2cc(C(F)(F)F)c(=O)[nH]c2=O)O[C@@H]1COC(=O)[C@@H]1CCCN1CCCCCCCCCCCC. The maximum atomic E-state index is 13.3. The molecule has 0 aromatic carbocycles. The largest absolute Gasteiger partial charge is 0.462 e. The van der Waals surface area contributed by atoms with Crippen molar-refractivity contribution in [2.75, 3.05) is 26.3 Å². The van der Waals surface area contributed by atoms with Crippen molar-refractivity contribution in [2.45, 2.75) is 121 Å². The molecule has 1 aromatic rings. The van der Waals surface area contributed by atoms with Crippen LogP contribution in [-0.4, -0.2) is 65.0 Å². The zero-order valence-electron chi connectivity index (χ0n) is 24.5. The molecule has 0 amide bonds. The molecule has 42 heavy (non-hydrogen) atoms. The third-order valence-electron chi connectivity index (χ3n) is 7.97. The average Bonchev–Trinajstić information content (AvgIpc) is 3.58. The Morgan fingerprint density at radius 2 is 1.79 bits per heavy atom. The second kappa shape index (κ2) is 16.9. The molecule has 1 N–H and O–H groups in total. The molecule has 9 nitrogen and oxygen atoms in total. The molecule has 2 saturated heterocycles. The summed E-state index contributed by atoms with van der Waals surface area (Å²) >= 11 is 0. The number of alkyl halides is 3. The summed E-state index contributed by atoms with van der Waals surface area (Å²) in [7, 11) is 0. The predicted octanol–water partition coefficient (Wildman–Crippen LogP) is 4.79. The number of aromatic nitrogens is 2. The highest BCUT2D eigenvalue weighted by molar-refractivity contribution is 5.76. The molecule has 236 valence electrons. The van der Waals surface area contributed by atoms with E-state index in [1.165, 1.54) is 51.4 Å². The lowest BCUT2D eigenvalue weighted by Crippen LogP contribution is -2.40. The summed E-state index contributed by atoms with van der Waals surface area (Å²) in [4.78, 5) is 40.8. The van der Waals surface area contributed by atoms with Crippen molar-refractivity contribution >= 4 is 5.97 Å². The van der Waals surface area contributed by atoms with Crippen molar-refractivity contribution in [1.82, 2.24) is 14.5 Å². The zero-order chi connectivity index (χ0) is 30.5. The zero-order valence-corrected chi connectivity index (χ0v) is 24.5. The number of unbranched alkanes of at least 4 members (excludes halogenated alkanes) is 9. The maximum absolute atomic E-state index is 13.3. The van der Waals surface area contributed by atoms with E-state index in [4.69, 9.17) is 20.6 Å². The molecule has 2 fully saturated rings. The fourth-order valence-corrected chi connectivity index (χ4v) is 5.68. The van der Waals surface area contributed by atoms with Gasteiger partial charge in [0.2, 0.25) is 0 Å². The first-order valence-corrected chi connectivity index (χ1v) is 15.2. The minimum Gasteiger partial charge on any atom is -0.462 e. The highest BCUT2D eigenvalue weighted by atomic mass is 19.4. The summed E-state index contributed by atoms with van der Waals surface area (Å²) in [5.74, 6) is 1.94. The van der Waals surface area contributed by atoms with Crippen molar-refractivity contribution in [2.24, 2.45) is 0 Å². The van der Waals surface area contributed by atoms with E-state index >= 15 is 0 Å². The summed E-state index contributed by atoms with van der Waals surface area (Å²) < 4.78 is 57.5. The van der Waals surface area contributed by atoms with Gasteiger partial charge in [0.1, 0.15) is 37.2 Å². The van der Waals surface area contributed by atoms with Crippen LogP contribution in [0.2, 0.25) is 0 Å². The third-order valence-corrected chi connectivity index (χ3v) is 7.97. The van der Waals surface area contributed by atoms with Crippen LogP contribution in [0.1, 0.15) is 102 Å². The highest BCUT2D eigenvalue weighted by Crippen LogP contribution is 2.32. The molecule has 0 bridgehead atoms. The van der Waals surface area contributed by atoms with Crippen LogP contribution >= 0.6 is 0 Å². The fraction of sp³-hybridized carbons (Fsp3) is 0.767. The number of hydrogen-bond donors (Lipinski definition) is 1. The standard InChI is InChI=1S/C30H44F3N3O6/c1-3-5-6-7-8-9-10-11-12-13-16-35-17-14-15-23(35)28(38)41-21-25-24(40-18-4-2)19-26(42-25)36-20-22(30(31,32)33)27(37)34-29(36)39/h2,20,23-26H,3,5-19,21H2,1H3,(H,34,37,39)/t23-,24-,25+,26+/m0/s1. The summed E-state index contributed by atoms with van der Waals surface area (Å²) in [6.45, 7) is 3.55. The molecule has 0 radical (unpaired) electrons. The molecule has 1 aromatic heterocycles. The molecule has 2 aliphatic rings. The van der Waals surface area contributed by atoms with Gasteiger partial charge in [-0.15, -0.1) is 6.42 Å². The Morgan fingerprint density at radius 1 is 1.12 bits per heavy atom. The lowest BCUT2D eigenvalue weighted by atomic mass is 10.1. The molecule has 12 heteroatoms. The molecule has 2 aliphatic heterocycles.